The Morgan fingerprint density at radius 2 is 1.89 bits per heavy atom. The molecule has 7 nitrogen and oxygen atoms in total. The van der Waals surface area contributed by atoms with Gasteiger partial charge in [-0.15, -0.1) is 0 Å². The van der Waals surface area contributed by atoms with Crippen molar-refractivity contribution in [2.24, 2.45) is 4.99 Å². The molecular formula is C20H13BrN4O3. The van der Waals surface area contributed by atoms with E-state index in [0.717, 1.165) is 22.4 Å². The van der Waals surface area contributed by atoms with Crippen LogP contribution in [-0.4, -0.2) is 26.2 Å². The van der Waals surface area contributed by atoms with Gasteiger partial charge >= 0.3 is 0 Å². The summed E-state index contributed by atoms with van der Waals surface area (Å²) in [5, 5.41) is 21.0. The maximum absolute atomic E-state index is 11.0. The number of phenols is 1. The largest absolute Gasteiger partial charge is 0.506 e. The molecule has 1 aromatic heterocycles. The lowest BCUT2D eigenvalue weighted by atomic mass is 10.2. The van der Waals surface area contributed by atoms with Crippen molar-refractivity contribution < 1.29 is 10.0 Å². The zero-order valence-corrected chi connectivity index (χ0v) is 15.9. The lowest BCUT2D eigenvalue weighted by Gasteiger charge is -2.02. The Morgan fingerprint density at radius 1 is 1.14 bits per heavy atom. The van der Waals surface area contributed by atoms with Gasteiger partial charge in [0, 0.05) is 29.5 Å². The molecule has 0 amide bonds. The number of nitro benzene ring substituents is 1. The van der Waals surface area contributed by atoms with Gasteiger partial charge in [-0.3, -0.25) is 15.1 Å². The molecule has 1 heterocycles. The van der Waals surface area contributed by atoms with Crippen molar-refractivity contribution in [1.82, 2.24) is 9.97 Å². The number of aromatic hydroxyl groups is 1. The molecule has 0 unspecified atom stereocenters. The van der Waals surface area contributed by atoms with E-state index < -0.39 is 4.92 Å². The summed E-state index contributed by atoms with van der Waals surface area (Å²) in [6.07, 6.45) is 1.39. The highest BCUT2D eigenvalue weighted by molar-refractivity contribution is 9.10. The van der Waals surface area contributed by atoms with Crippen LogP contribution in [0.5, 0.6) is 5.75 Å². The lowest BCUT2D eigenvalue weighted by Crippen LogP contribution is -1.91. The van der Waals surface area contributed by atoms with Gasteiger partial charge in [0.05, 0.1) is 26.1 Å². The molecule has 0 fully saturated rings. The quantitative estimate of drug-likeness (QED) is 0.255. The van der Waals surface area contributed by atoms with Gasteiger partial charge in [-0.1, -0.05) is 12.1 Å². The third-order valence-corrected chi connectivity index (χ3v) is 4.78. The number of phenolic OH excluding ortho intramolecular Hbond substituents is 1. The molecule has 0 spiro atoms. The molecule has 0 saturated heterocycles. The number of aliphatic imine (C=N–C) groups is 1. The molecule has 138 valence electrons. The first kappa shape index (κ1) is 17.9. The minimum atomic E-state index is -0.524. The van der Waals surface area contributed by atoms with Crippen LogP contribution in [0.2, 0.25) is 0 Å². The number of fused-ring (bicyclic) bond motifs is 1. The number of imidazole rings is 1. The number of nitrogens with zero attached hydrogens (tertiary/aromatic N) is 3. The van der Waals surface area contributed by atoms with Crippen molar-refractivity contribution in [3.8, 4) is 17.1 Å². The molecule has 4 aromatic rings. The van der Waals surface area contributed by atoms with Crippen LogP contribution < -0.4 is 0 Å². The molecule has 0 bridgehead atoms. The number of nitrogens with one attached hydrogen (secondary N) is 1. The van der Waals surface area contributed by atoms with E-state index in [4.69, 9.17) is 0 Å². The average molecular weight is 437 g/mol. The molecule has 8 heteroatoms. The Balaban J connectivity index is 1.60. The highest BCUT2D eigenvalue weighted by Gasteiger charge is 2.13. The highest BCUT2D eigenvalue weighted by atomic mass is 79.9. The van der Waals surface area contributed by atoms with Crippen LogP contribution in [0.25, 0.3) is 22.4 Å². The zero-order valence-electron chi connectivity index (χ0n) is 14.3. The number of aromatic amines is 1. The van der Waals surface area contributed by atoms with Crippen LogP contribution in [0.15, 0.2) is 70.1 Å². The van der Waals surface area contributed by atoms with Crippen LogP contribution in [0.3, 0.4) is 0 Å². The summed E-state index contributed by atoms with van der Waals surface area (Å²) in [6.45, 7) is 0. The van der Waals surface area contributed by atoms with E-state index in [1.807, 2.05) is 48.5 Å². The van der Waals surface area contributed by atoms with Crippen molar-refractivity contribution in [3.63, 3.8) is 0 Å². The van der Waals surface area contributed by atoms with Crippen molar-refractivity contribution in [2.75, 3.05) is 0 Å². The van der Waals surface area contributed by atoms with Gasteiger partial charge in [-0.05, 0) is 52.3 Å². The Morgan fingerprint density at radius 3 is 2.61 bits per heavy atom. The maximum Gasteiger partial charge on any atom is 0.271 e. The molecule has 0 saturated carbocycles. The van der Waals surface area contributed by atoms with E-state index in [9.17, 15) is 15.2 Å². The number of non-ortho nitro benzene ring substituents is 1. The molecule has 0 aliphatic carbocycles. The molecule has 28 heavy (non-hydrogen) atoms. The molecule has 3 aromatic carbocycles. The molecule has 0 atom stereocenters. The average Bonchev–Trinajstić information content (AvgIpc) is 3.13. The molecule has 4 rings (SSSR count). The SMILES string of the molecule is O=[N+]([O-])c1cc(Br)c(O)c(C=Nc2ccc(-c3nc4ccccc4[nH]3)cc2)c1. The van der Waals surface area contributed by atoms with E-state index in [2.05, 4.69) is 30.9 Å². The number of nitro groups is 1. The smallest absolute Gasteiger partial charge is 0.271 e. The van der Waals surface area contributed by atoms with Crippen LogP contribution in [0.1, 0.15) is 5.56 Å². The van der Waals surface area contributed by atoms with E-state index in [0.29, 0.717) is 5.69 Å². The van der Waals surface area contributed by atoms with Gasteiger partial charge in [-0.2, -0.15) is 0 Å². The minimum Gasteiger partial charge on any atom is -0.506 e. The van der Waals surface area contributed by atoms with Gasteiger partial charge in [0.2, 0.25) is 0 Å². The van der Waals surface area contributed by atoms with Crippen LogP contribution in [0.4, 0.5) is 11.4 Å². The van der Waals surface area contributed by atoms with E-state index >= 15 is 0 Å². The summed E-state index contributed by atoms with van der Waals surface area (Å²) in [6, 6.07) is 17.7. The summed E-state index contributed by atoms with van der Waals surface area (Å²) in [5.41, 5.74) is 3.53. The Hall–Kier alpha value is -3.52. The van der Waals surface area contributed by atoms with Crippen molar-refractivity contribution in [3.05, 3.63) is 80.8 Å². The Kier molecular flexibility index (Phi) is 4.62. The van der Waals surface area contributed by atoms with E-state index in [-0.39, 0.29) is 21.5 Å². The topological polar surface area (TPSA) is 104 Å². The number of rotatable bonds is 4. The Bertz CT molecular complexity index is 1180. The van der Waals surface area contributed by atoms with Gasteiger partial charge in [0.15, 0.2) is 0 Å². The first-order valence-electron chi connectivity index (χ1n) is 8.27. The van der Waals surface area contributed by atoms with Gasteiger partial charge in [0.25, 0.3) is 5.69 Å². The summed E-state index contributed by atoms with van der Waals surface area (Å²) >= 11 is 3.11. The van der Waals surface area contributed by atoms with Gasteiger partial charge in [0.1, 0.15) is 11.6 Å². The standard InChI is InChI=1S/C20H13BrN4O3/c21-16-10-15(25(27)28)9-13(19(16)26)11-22-14-7-5-12(6-8-14)20-23-17-3-1-2-4-18(17)24-20/h1-11,26H,(H,23,24). The molecule has 0 radical (unpaired) electrons. The predicted molar refractivity (Wildman–Crippen MR) is 111 cm³/mol. The first-order chi connectivity index (χ1) is 13.5. The second-order valence-corrected chi connectivity index (χ2v) is 6.88. The van der Waals surface area contributed by atoms with E-state index in [1.54, 1.807) is 0 Å². The number of hydrogen-bond donors (Lipinski definition) is 2. The third kappa shape index (κ3) is 3.49. The number of H-pyrrole nitrogens is 1. The van der Waals surface area contributed by atoms with E-state index in [1.165, 1.54) is 18.3 Å². The predicted octanol–water partition coefficient (Wildman–Crippen LogP) is 5.36. The number of aromatic nitrogens is 2. The van der Waals surface area contributed by atoms with Gasteiger partial charge < -0.3 is 10.1 Å². The minimum absolute atomic E-state index is 0.103. The van der Waals surface area contributed by atoms with Gasteiger partial charge in [-0.25, -0.2) is 4.98 Å². The summed E-state index contributed by atoms with van der Waals surface area (Å²) in [4.78, 5) is 22.6. The number of benzene rings is 3. The zero-order chi connectivity index (χ0) is 19.7. The number of halogens is 1. The third-order valence-electron chi connectivity index (χ3n) is 4.17. The Labute approximate surface area is 167 Å². The summed E-state index contributed by atoms with van der Waals surface area (Å²) in [5.74, 6) is 0.658. The lowest BCUT2D eigenvalue weighted by molar-refractivity contribution is -0.385. The molecular weight excluding hydrogens is 424 g/mol. The highest BCUT2D eigenvalue weighted by Crippen LogP contribution is 2.32. The monoisotopic (exact) mass is 436 g/mol. The van der Waals surface area contributed by atoms with Crippen LogP contribution >= 0.6 is 15.9 Å². The number of hydrogen-bond acceptors (Lipinski definition) is 5. The fourth-order valence-electron chi connectivity index (χ4n) is 2.75. The van der Waals surface area contributed by atoms with Crippen LogP contribution in [-0.2, 0) is 0 Å². The van der Waals surface area contributed by atoms with Crippen molar-refractivity contribution in [2.45, 2.75) is 0 Å². The number of para-hydroxylation sites is 2. The summed E-state index contributed by atoms with van der Waals surface area (Å²) in [7, 11) is 0. The fraction of sp³-hybridized carbons (Fsp3) is 0. The second kappa shape index (κ2) is 7.24. The fourth-order valence-corrected chi connectivity index (χ4v) is 3.21. The molecule has 0 aliphatic rings. The summed E-state index contributed by atoms with van der Waals surface area (Å²) < 4.78 is 0.239. The van der Waals surface area contributed by atoms with Crippen molar-refractivity contribution in [1.29, 1.82) is 0 Å². The molecule has 0 aliphatic heterocycles. The molecule has 2 N–H and O–H groups in total. The van der Waals surface area contributed by atoms with Crippen LogP contribution in [0, 0.1) is 10.1 Å². The second-order valence-electron chi connectivity index (χ2n) is 6.03. The normalized spacial score (nSPS) is 11.3. The first-order valence-corrected chi connectivity index (χ1v) is 9.07. The maximum atomic E-state index is 11.0. The van der Waals surface area contributed by atoms with Crippen molar-refractivity contribution >= 4 is 44.6 Å².